The van der Waals surface area contributed by atoms with Crippen LogP contribution in [-0.2, 0) is 20.8 Å². The standard InChI is InChI=1S/C15H25NO4/c17-8-11-18-9-6-16-7-10-19-12-13-20-14-15-4-2-1-3-5-15/h1-5,16-17H,6-14H2. The molecule has 0 bridgehead atoms. The molecular formula is C15H25NO4. The van der Waals surface area contributed by atoms with Crippen LogP contribution in [0.15, 0.2) is 30.3 Å². The molecule has 0 fully saturated rings. The van der Waals surface area contributed by atoms with Crippen LogP contribution in [0.5, 0.6) is 0 Å². The summed E-state index contributed by atoms with van der Waals surface area (Å²) in [7, 11) is 0. The van der Waals surface area contributed by atoms with Gasteiger partial charge in [-0.05, 0) is 5.56 Å². The zero-order valence-electron chi connectivity index (χ0n) is 11.9. The Balaban J connectivity index is 1.77. The topological polar surface area (TPSA) is 60.0 Å². The predicted molar refractivity (Wildman–Crippen MR) is 77.7 cm³/mol. The summed E-state index contributed by atoms with van der Waals surface area (Å²) < 4.78 is 16.0. The molecule has 0 saturated carbocycles. The molecule has 0 aliphatic rings. The first kappa shape index (κ1) is 17.1. The maximum absolute atomic E-state index is 8.51. The van der Waals surface area contributed by atoms with Gasteiger partial charge in [-0.2, -0.15) is 0 Å². The summed E-state index contributed by atoms with van der Waals surface area (Å²) in [6, 6.07) is 10.1. The first-order chi connectivity index (χ1) is 9.93. The van der Waals surface area contributed by atoms with E-state index in [1.807, 2.05) is 30.3 Å². The molecule has 0 unspecified atom stereocenters. The third-order valence-corrected chi connectivity index (χ3v) is 2.57. The van der Waals surface area contributed by atoms with Crippen molar-refractivity contribution in [1.82, 2.24) is 5.32 Å². The predicted octanol–water partition coefficient (Wildman–Crippen LogP) is 0.818. The highest BCUT2D eigenvalue weighted by Crippen LogP contribution is 1.99. The largest absolute Gasteiger partial charge is 0.394 e. The fourth-order valence-electron chi connectivity index (χ4n) is 1.56. The third-order valence-electron chi connectivity index (χ3n) is 2.57. The van der Waals surface area contributed by atoms with Gasteiger partial charge in [0.15, 0.2) is 0 Å². The fourth-order valence-corrected chi connectivity index (χ4v) is 1.56. The zero-order chi connectivity index (χ0) is 14.3. The molecule has 20 heavy (non-hydrogen) atoms. The van der Waals surface area contributed by atoms with Crippen molar-refractivity contribution in [2.75, 3.05) is 52.7 Å². The van der Waals surface area contributed by atoms with Crippen LogP contribution in [0.1, 0.15) is 5.56 Å². The van der Waals surface area contributed by atoms with Crippen LogP contribution in [0, 0.1) is 0 Å². The molecule has 1 aromatic carbocycles. The van der Waals surface area contributed by atoms with Crippen molar-refractivity contribution in [3.8, 4) is 0 Å². The first-order valence-electron chi connectivity index (χ1n) is 7.02. The Morgan fingerprint density at radius 2 is 1.45 bits per heavy atom. The number of hydrogen-bond acceptors (Lipinski definition) is 5. The molecule has 0 heterocycles. The Morgan fingerprint density at radius 1 is 0.800 bits per heavy atom. The molecule has 0 aliphatic carbocycles. The number of benzene rings is 1. The van der Waals surface area contributed by atoms with Gasteiger partial charge in [0, 0.05) is 13.1 Å². The van der Waals surface area contributed by atoms with Crippen LogP contribution < -0.4 is 5.32 Å². The Labute approximate surface area is 120 Å². The van der Waals surface area contributed by atoms with Crippen molar-refractivity contribution < 1.29 is 19.3 Å². The first-order valence-corrected chi connectivity index (χ1v) is 7.02. The van der Waals surface area contributed by atoms with Gasteiger partial charge in [-0.25, -0.2) is 0 Å². The average Bonchev–Trinajstić information content (AvgIpc) is 2.49. The molecule has 0 amide bonds. The second kappa shape index (κ2) is 13.0. The fraction of sp³-hybridized carbons (Fsp3) is 0.600. The van der Waals surface area contributed by atoms with Crippen LogP contribution in [0.3, 0.4) is 0 Å². The van der Waals surface area contributed by atoms with Gasteiger partial charge in [-0.3, -0.25) is 0 Å². The maximum atomic E-state index is 8.51. The number of ether oxygens (including phenoxy) is 3. The zero-order valence-corrected chi connectivity index (χ0v) is 11.9. The highest BCUT2D eigenvalue weighted by Gasteiger charge is 1.93. The maximum Gasteiger partial charge on any atom is 0.0718 e. The minimum atomic E-state index is 0.0755. The van der Waals surface area contributed by atoms with E-state index in [1.165, 1.54) is 5.56 Å². The lowest BCUT2D eigenvalue weighted by atomic mass is 10.2. The van der Waals surface area contributed by atoms with Gasteiger partial charge in [0.2, 0.25) is 0 Å². The van der Waals surface area contributed by atoms with E-state index in [9.17, 15) is 0 Å². The van der Waals surface area contributed by atoms with Crippen LogP contribution in [0.4, 0.5) is 0 Å². The number of nitrogens with one attached hydrogen (secondary N) is 1. The Morgan fingerprint density at radius 3 is 2.15 bits per heavy atom. The molecular weight excluding hydrogens is 258 g/mol. The third kappa shape index (κ3) is 9.89. The lowest BCUT2D eigenvalue weighted by Gasteiger charge is -2.07. The minimum absolute atomic E-state index is 0.0755. The number of aliphatic hydroxyl groups excluding tert-OH is 1. The van der Waals surface area contributed by atoms with Crippen LogP contribution in [-0.4, -0.2) is 57.8 Å². The Bertz CT molecular complexity index is 308. The van der Waals surface area contributed by atoms with Crippen molar-refractivity contribution in [1.29, 1.82) is 0 Å². The highest BCUT2D eigenvalue weighted by molar-refractivity contribution is 5.13. The van der Waals surface area contributed by atoms with Crippen molar-refractivity contribution in [3.63, 3.8) is 0 Å². The molecule has 5 heteroatoms. The molecule has 2 N–H and O–H groups in total. The normalized spacial score (nSPS) is 10.8. The van der Waals surface area contributed by atoms with E-state index in [0.29, 0.717) is 39.6 Å². The molecule has 0 aliphatic heterocycles. The molecule has 5 nitrogen and oxygen atoms in total. The van der Waals surface area contributed by atoms with E-state index in [2.05, 4.69) is 5.32 Å². The Hall–Kier alpha value is -0.980. The summed E-state index contributed by atoms with van der Waals surface area (Å²) in [6.07, 6.45) is 0. The minimum Gasteiger partial charge on any atom is -0.394 e. The van der Waals surface area contributed by atoms with Crippen LogP contribution >= 0.6 is 0 Å². The van der Waals surface area contributed by atoms with Crippen LogP contribution in [0.2, 0.25) is 0 Å². The van der Waals surface area contributed by atoms with E-state index in [-0.39, 0.29) is 6.61 Å². The van der Waals surface area contributed by atoms with Crippen LogP contribution in [0.25, 0.3) is 0 Å². The molecule has 114 valence electrons. The van der Waals surface area contributed by atoms with E-state index >= 15 is 0 Å². The summed E-state index contributed by atoms with van der Waals surface area (Å²) in [5.74, 6) is 0. The highest BCUT2D eigenvalue weighted by atomic mass is 16.5. The van der Waals surface area contributed by atoms with E-state index < -0.39 is 0 Å². The second-order valence-electron chi connectivity index (χ2n) is 4.24. The number of rotatable bonds is 13. The van der Waals surface area contributed by atoms with Gasteiger partial charge >= 0.3 is 0 Å². The number of hydrogen-bond donors (Lipinski definition) is 2. The van der Waals surface area contributed by atoms with E-state index in [4.69, 9.17) is 19.3 Å². The smallest absolute Gasteiger partial charge is 0.0718 e. The molecule has 0 aromatic heterocycles. The van der Waals surface area contributed by atoms with Gasteiger partial charge in [0.25, 0.3) is 0 Å². The molecule has 0 saturated heterocycles. The molecule has 0 spiro atoms. The lowest BCUT2D eigenvalue weighted by Crippen LogP contribution is -2.25. The van der Waals surface area contributed by atoms with Gasteiger partial charge in [0.1, 0.15) is 0 Å². The summed E-state index contributed by atoms with van der Waals surface area (Å²) in [4.78, 5) is 0. The van der Waals surface area contributed by atoms with Crippen molar-refractivity contribution in [2.45, 2.75) is 6.61 Å². The SMILES string of the molecule is OCCOCCNCCOCCOCc1ccccc1. The summed E-state index contributed by atoms with van der Waals surface area (Å²) in [5, 5.41) is 11.7. The van der Waals surface area contributed by atoms with Gasteiger partial charge in [0.05, 0.1) is 46.2 Å². The Kier molecular flexibility index (Phi) is 11.1. The summed E-state index contributed by atoms with van der Waals surface area (Å²) in [5.41, 5.74) is 1.18. The van der Waals surface area contributed by atoms with Crippen molar-refractivity contribution in [3.05, 3.63) is 35.9 Å². The van der Waals surface area contributed by atoms with Crippen molar-refractivity contribution >= 4 is 0 Å². The van der Waals surface area contributed by atoms with E-state index in [1.54, 1.807) is 0 Å². The number of aliphatic hydroxyl groups is 1. The average molecular weight is 283 g/mol. The van der Waals surface area contributed by atoms with E-state index in [0.717, 1.165) is 13.1 Å². The van der Waals surface area contributed by atoms with Gasteiger partial charge < -0.3 is 24.6 Å². The molecule has 1 aromatic rings. The lowest BCUT2D eigenvalue weighted by molar-refractivity contribution is 0.0407. The molecule has 0 radical (unpaired) electrons. The summed E-state index contributed by atoms with van der Waals surface area (Å²) in [6.45, 7) is 5.15. The molecule has 0 atom stereocenters. The van der Waals surface area contributed by atoms with Crippen molar-refractivity contribution in [2.24, 2.45) is 0 Å². The second-order valence-corrected chi connectivity index (χ2v) is 4.24. The van der Waals surface area contributed by atoms with Gasteiger partial charge in [-0.1, -0.05) is 30.3 Å². The molecule has 1 rings (SSSR count). The summed E-state index contributed by atoms with van der Waals surface area (Å²) >= 11 is 0. The monoisotopic (exact) mass is 283 g/mol. The quantitative estimate of drug-likeness (QED) is 0.525. The van der Waals surface area contributed by atoms with Gasteiger partial charge in [-0.15, -0.1) is 0 Å².